The second kappa shape index (κ2) is 8.15. The first kappa shape index (κ1) is 17.5. The van der Waals surface area contributed by atoms with Crippen molar-refractivity contribution in [3.8, 4) is 11.8 Å². The van der Waals surface area contributed by atoms with Crippen LogP contribution in [0.1, 0.15) is 17.4 Å². The van der Waals surface area contributed by atoms with E-state index in [1.807, 2.05) is 4.90 Å². The molecule has 2 aromatic rings. The van der Waals surface area contributed by atoms with Gasteiger partial charge in [0.15, 0.2) is 6.10 Å². The number of carbonyl (C=O) groups excluding carboxylic acids is 1. The van der Waals surface area contributed by atoms with Crippen molar-refractivity contribution >= 4 is 17.2 Å². The molecular weight excluding hydrogens is 334 g/mol. The largest absolute Gasteiger partial charge is 0.481 e. The number of amides is 1. The number of piperazine rings is 1. The zero-order chi connectivity index (χ0) is 17.6. The van der Waals surface area contributed by atoms with Crippen molar-refractivity contribution in [2.45, 2.75) is 19.6 Å². The summed E-state index contributed by atoms with van der Waals surface area (Å²) in [5.74, 6) is 0.640. The van der Waals surface area contributed by atoms with Crippen molar-refractivity contribution in [3.05, 3.63) is 52.2 Å². The smallest absolute Gasteiger partial charge is 0.263 e. The first-order valence-corrected chi connectivity index (χ1v) is 9.35. The third-order valence-electron chi connectivity index (χ3n) is 4.43. The van der Waals surface area contributed by atoms with Crippen molar-refractivity contribution in [2.24, 2.45) is 0 Å². The predicted octanol–water partition coefficient (Wildman–Crippen LogP) is 1.31. The van der Waals surface area contributed by atoms with Gasteiger partial charge in [-0.2, -0.15) is 5.26 Å². The lowest BCUT2D eigenvalue weighted by molar-refractivity contribution is -0.917. The molecule has 1 amide bonds. The second-order valence-electron chi connectivity index (χ2n) is 6.23. The first-order valence-electron chi connectivity index (χ1n) is 8.47. The molecule has 5 nitrogen and oxygen atoms in total. The van der Waals surface area contributed by atoms with E-state index in [1.165, 1.54) is 9.78 Å². The number of rotatable bonds is 5. The van der Waals surface area contributed by atoms with Gasteiger partial charge in [-0.15, -0.1) is 11.3 Å². The Morgan fingerprint density at radius 1 is 1.32 bits per heavy atom. The summed E-state index contributed by atoms with van der Waals surface area (Å²) in [6.45, 7) is 6.28. The van der Waals surface area contributed by atoms with Gasteiger partial charge in [0.05, 0.1) is 42.7 Å². The number of hydrogen-bond acceptors (Lipinski definition) is 4. The summed E-state index contributed by atoms with van der Waals surface area (Å²) in [7, 11) is 0. The zero-order valence-corrected chi connectivity index (χ0v) is 15.1. The van der Waals surface area contributed by atoms with E-state index in [1.54, 1.807) is 42.5 Å². The third kappa shape index (κ3) is 4.59. The number of benzene rings is 1. The summed E-state index contributed by atoms with van der Waals surface area (Å²) in [6.07, 6.45) is -0.521. The monoisotopic (exact) mass is 356 g/mol. The van der Waals surface area contributed by atoms with Crippen LogP contribution in [0.4, 0.5) is 0 Å². The standard InChI is InChI=1S/C19H21N3O2S/c1-15(24-17-6-4-16(13-20)5-7-17)19(23)22-10-8-21(9-11-22)14-18-3-2-12-25-18/h2-7,12,15H,8-11,14H2,1H3/p+1/t15-/m0/s1. The van der Waals surface area contributed by atoms with E-state index < -0.39 is 6.10 Å². The fourth-order valence-electron chi connectivity index (χ4n) is 3.00. The summed E-state index contributed by atoms with van der Waals surface area (Å²) >= 11 is 1.79. The quantitative estimate of drug-likeness (QED) is 0.879. The van der Waals surface area contributed by atoms with Crippen LogP contribution in [0.25, 0.3) is 0 Å². The maximum Gasteiger partial charge on any atom is 0.263 e. The van der Waals surface area contributed by atoms with Crippen molar-refractivity contribution in [2.75, 3.05) is 26.2 Å². The molecule has 0 radical (unpaired) electrons. The molecule has 25 heavy (non-hydrogen) atoms. The summed E-state index contributed by atoms with van der Waals surface area (Å²) in [5.41, 5.74) is 0.580. The second-order valence-corrected chi connectivity index (χ2v) is 7.26. The minimum atomic E-state index is -0.521. The van der Waals surface area contributed by atoms with E-state index in [9.17, 15) is 4.79 Å². The Labute approximate surface area is 152 Å². The molecule has 130 valence electrons. The van der Waals surface area contributed by atoms with Gasteiger partial charge in [0.25, 0.3) is 5.91 Å². The Morgan fingerprint density at radius 3 is 2.64 bits per heavy atom. The minimum absolute atomic E-state index is 0.0273. The van der Waals surface area contributed by atoms with Crippen LogP contribution in [0.5, 0.6) is 5.75 Å². The van der Waals surface area contributed by atoms with Crippen LogP contribution >= 0.6 is 11.3 Å². The maximum atomic E-state index is 12.6. The van der Waals surface area contributed by atoms with Crippen molar-refractivity contribution in [1.29, 1.82) is 5.26 Å². The molecule has 0 aliphatic carbocycles. The van der Waals surface area contributed by atoms with Crippen molar-refractivity contribution in [3.63, 3.8) is 0 Å². The molecule has 1 aromatic carbocycles. The lowest BCUT2D eigenvalue weighted by atomic mass is 10.2. The van der Waals surface area contributed by atoms with Gasteiger partial charge in [-0.1, -0.05) is 6.07 Å². The topological polar surface area (TPSA) is 57.8 Å². The Morgan fingerprint density at radius 2 is 2.04 bits per heavy atom. The van der Waals surface area contributed by atoms with E-state index in [0.29, 0.717) is 11.3 Å². The molecule has 1 saturated heterocycles. The summed E-state index contributed by atoms with van der Waals surface area (Å²) < 4.78 is 5.74. The van der Waals surface area contributed by atoms with Gasteiger partial charge >= 0.3 is 0 Å². The van der Waals surface area contributed by atoms with E-state index in [4.69, 9.17) is 10.00 Å². The molecular formula is C19H22N3O2S+. The summed E-state index contributed by atoms with van der Waals surface area (Å²) in [5, 5.41) is 10.9. The molecule has 1 aliphatic rings. The van der Waals surface area contributed by atoms with E-state index in [2.05, 4.69) is 23.6 Å². The Hall–Kier alpha value is -2.36. The average Bonchev–Trinajstić information content (AvgIpc) is 3.15. The van der Waals surface area contributed by atoms with Crippen LogP contribution in [0.2, 0.25) is 0 Å². The first-order chi connectivity index (χ1) is 12.2. The van der Waals surface area contributed by atoms with Crippen LogP contribution in [0.15, 0.2) is 41.8 Å². The third-order valence-corrected chi connectivity index (χ3v) is 5.31. The van der Waals surface area contributed by atoms with E-state index in [0.717, 1.165) is 32.7 Å². The fraction of sp³-hybridized carbons (Fsp3) is 0.368. The SMILES string of the molecule is C[C@H](Oc1ccc(C#N)cc1)C(=O)N1CC[NH+](Cc2cccs2)CC1. The van der Waals surface area contributed by atoms with Crippen molar-refractivity contribution < 1.29 is 14.4 Å². The number of ether oxygens (including phenoxy) is 1. The Kier molecular flexibility index (Phi) is 5.69. The number of quaternary nitrogens is 1. The van der Waals surface area contributed by atoms with Crippen LogP contribution in [0, 0.1) is 11.3 Å². The van der Waals surface area contributed by atoms with Crippen LogP contribution in [-0.4, -0.2) is 43.1 Å². The number of nitrogens with one attached hydrogen (secondary N) is 1. The van der Waals surface area contributed by atoms with Gasteiger partial charge in [-0.05, 0) is 42.6 Å². The van der Waals surface area contributed by atoms with Crippen LogP contribution in [-0.2, 0) is 11.3 Å². The lowest BCUT2D eigenvalue weighted by Gasteiger charge is -2.33. The van der Waals surface area contributed by atoms with Crippen LogP contribution < -0.4 is 9.64 Å². The van der Waals surface area contributed by atoms with Crippen molar-refractivity contribution in [1.82, 2.24) is 4.90 Å². The minimum Gasteiger partial charge on any atom is -0.481 e. The van der Waals surface area contributed by atoms with Gasteiger partial charge < -0.3 is 14.5 Å². The Bertz CT molecular complexity index is 729. The van der Waals surface area contributed by atoms with Gasteiger partial charge in [-0.25, -0.2) is 0 Å². The van der Waals surface area contributed by atoms with E-state index >= 15 is 0 Å². The molecule has 1 aromatic heterocycles. The highest BCUT2D eigenvalue weighted by molar-refractivity contribution is 7.09. The molecule has 1 N–H and O–H groups in total. The van der Waals surface area contributed by atoms with Crippen LogP contribution in [0.3, 0.4) is 0 Å². The maximum absolute atomic E-state index is 12.6. The summed E-state index contributed by atoms with van der Waals surface area (Å²) in [6, 6.07) is 13.2. The number of nitriles is 1. The molecule has 1 fully saturated rings. The normalized spacial score (nSPS) is 16.2. The number of carbonyl (C=O) groups is 1. The van der Waals surface area contributed by atoms with Gasteiger partial charge in [0.2, 0.25) is 0 Å². The van der Waals surface area contributed by atoms with Gasteiger partial charge in [0, 0.05) is 0 Å². The zero-order valence-electron chi connectivity index (χ0n) is 14.3. The number of hydrogen-bond donors (Lipinski definition) is 1. The Balaban J connectivity index is 1.48. The highest BCUT2D eigenvalue weighted by atomic mass is 32.1. The molecule has 6 heteroatoms. The molecule has 2 heterocycles. The molecule has 3 rings (SSSR count). The highest BCUT2D eigenvalue weighted by Crippen LogP contribution is 2.14. The number of nitrogens with zero attached hydrogens (tertiary/aromatic N) is 2. The molecule has 0 unspecified atom stereocenters. The van der Waals surface area contributed by atoms with Gasteiger partial charge in [-0.3, -0.25) is 4.79 Å². The summed E-state index contributed by atoms with van der Waals surface area (Å²) in [4.78, 5) is 17.4. The van der Waals surface area contributed by atoms with Gasteiger partial charge in [0.1, 0.15) is 12.3 Å². The fourth-order valence-corrected chi connectivity index (χ4v) is 3.78. The predicted molar refractivity (Wildman–Crippen MR) is 96.5 cm³/mol. The lowest BCUT2D eigenvalue weighted by Crippen LogP contribution is -3.13. The van der Waals surface area contributed by atoms with E-state index in [-0.39, 0.29) is 5.91 Å². The molecule has 1 atom stereocenters. The highest BCUT2D eigenvalue weighted by Gasteiger charge is 2.28. The number of thiophene rings is 1. The molecule has 0 bridgehead atoms. The molecule has 1 aliphatic heterocycles. The average molecular weight is 356 g/mol. The molecule has 0 spiro atoms. The molecule has 0 saturated carbocycles.